The van der Waals surface area contributed by atoms with Gasteiger partial charge in [-0.3, -0.25) is 0 Å². The molecule has 0 bridgehead atoms. The fourth-order valence-electron chi connectivity index (χ4n) is 1.06. The van der Waals surface area contributed by atoms with Crippen molar-refractivity contribution in [3.63, 3.8) is 0 Å². The third-order valence-corrected chi connectivity index (χ3v) is 2.55. The Bertz CT molecular complexity index is 343. The molecule has 1 rings (SSSR count). The van der Waals surface area contributed by atoms with Gasteiger partial charge in [-0.25, -0.2) is 0 Å². The number of halogens is 1. The first-order chi connectivity index (χ1) is 6.19. The Kier molecular flexibility index (Phi) is 3.32. The molecule has 1 aromatic rings. The summed E-state index contributed by atoms with van der Waals surface area (Å²) in [6, 6.07) is 7.81. The molecule has 0 spiro atoms. The van der Waals surface area contributed by atoms with E-state index < -0.39 is 0 Å². The lowest BCUT2D eigenvalue weighted by Gasteiger charge is -2.07. The summed E-state index contributed by atoms with van der Waals surface area (Å²) in [4.78, 5) is 0. The number of benzene rings is 1. The van der Waals surface area contributed by atoms with E-state index >= 15 is 0 Å². The predicted molar refractivity (Wildman–Crippen MR) is 54.7 cm³/mol. The molecule has 2 nitrogen and oxygen atoms in total. The van der Waals surface area contributed by atoms with Crippen molar-refractivity contribution in [2.75, 3.05) is 7.11 Å². The van der Waals surface area contributed by atoms with Gasteiger partial charge in [0.25, 0.3) is 0 Å². The Morgan fingerprint density at radius 1 is 1.54 bits per heavy atom. The minimum absolute atomic E-state index is 0.0970. The first kappa shape index (κ1) is 10.1. The summed E-state index contributed by atoms with van der Waals surface area (Å²) in [5.74, 6) is 0.695. The van der Waals surface area contributed by atoms with Gasteiger partial charge >= 0.3 is 0 Å². The predicted octanol–water partition coefficient (Wildman–Crippen LogP) is 3.08. The summed E-state index contributed by atoms with van der Waals surface area (Å²) in [6.07, 6.45) is 0. The topological polar surface area (TPSA) is 33.0 Å². The maximum absolute atomic E-state index is 8.74. The van der Waals surface area contributed by atoms with Gasteiger partial charge in [-0.1, -0.05) is 22.0 Å². The minimum atomic E-state index is -0.0970. The van der Waals surface area contributed by atoms with Crippen LogP contribution in [0, 0.1) is 11.3 Å². The van der Waals surface area contributed by atoms with Crippen molar-refractivity contribution < 1.29 is 4.74 Å². The van der Waals surface area contributed by atoms with E-state index in [9.17, 15) is 0 Å². The van der Waals surface area contributed by atoms with Crippen LogP contribution in [0.25, 0.3) is 0 Å². The zero-order chi connectivity index (χ0) is 9.84. The second-order valence-electron chi connectivity index (χ2n) is 2.74. The molecule has 1 unspecified atom stereocenters. The van der Waals surface area contributed by atoms with Gasteiger partial charge in [0.05, 0.1) is 19.1 Å². The van der Waals surface area contributed by atoms with Crippen LogP contribution in [0.4, 0.5) is 0 Å². The summed E-state index contributed by atoms with van der Waals surface area (Å²) in [7, 11) is 1.62. The van der Waals surface area contributed by atoms with Gasteiger partial charge in [0.2, 0.25) is 0 Å². The Balaban J connectivity index is 3.06. The van der Waals surface area contributed by atoms with Gasteiger partial charge in [0.15, 0.2) is 0 Å². The highest BCUT2D eigenvalue weighted by atomic mass is 79.9. The molecule has 68 valence electrons. The van der Waals surface area contributed by atoms with Crippen molar-refractivity contribution in [1.82, 2.24) is 0 Å². The molecular weight excluding hydrogens is 230 g/mol. The Hall–Kier alpha value is -1.01. The quantitative estimate of drug-likeness (QED) is 0.795. The van der Waals surface area contributed by atoms with E-state index in [-0.39, 0.29) is 5.92 Å². The average molecular weight is 240 g/mol. The first-order valence-corrected chi connectivity index (χ1v) is 4.71. The molecule has 3 heteroatoms. The number of nitriles is 1. The van der Waals surface area contributed by atoms with Crippen LogP contribution in [0.5, 0.6) is 5.75 Å². The number of ether oxygens (including phenoxy) is 1. The maximum Gasteiger partial charge on any atom is 0.120 e. The third kappa shape index (κ3) is 2.22. The molecular formula is C10H10BrNO. The smallest absolute Gasteiger partial charge is 0.120 e. The van der Waals surface area contributed by atoms with E-state index in [1.54, 1.807) is 7.11 Å². The minimum Gasteiger partial charge on any atom is -0.497 e. The zero-order valence-corrected chi connectivity index (χ0v) is 9.13. The lowest BCUT2D eigenvalue weighted by molar-refractivity contribution is 0.414. The van der Waals surface area contributed by atoms with Crippen LogP contribution in [0.2, 0.25) is 0 Å². The molecule has 0 N–H and O–H groups in total. The summed E-state index contributed by atoms with van der Waals surface area (Å²) < 4.78 is 5.97. The van der Waals surface area contributed by atoms with Gasteiger partial charge in [-0.15, -0.1) is 0 Å². The number of nitrogens with zero attached hydrogens (tertiary/aromatic N) is 1. The van der Waals surface area contributed by atoms with Crippen molar-refractivity contribution in [1.29, 1.82) is 5.26 Å². The van der Waals surface area contributed by atoms with Gasteiger partial charge in [-0.05, 0) is 24.6 Å². The van der Waals surface area contributed by atoms with Crippen molar-refractivity contribution in [2.45, 2.75) is 12.8 Å². The molecule has 0 saturated heterocycles. The second-order valence-corrected chi connectivity index (χ2v) is 3.59. The highest BCUT2D eigenvalue weighted by Gasteiger charge is 2.08. The standard InChI is InChI=1S/C10H10BrNO/c1-7(6-12)9-4-3-8(13-2)5-10(9)11/h3-5,7H,1-2H3. The van der Waals surface area contributed by atoms with Crippen LogP contribution in [-0.4, -0.2) is 7.11 Å². The van der Waals surface area contributed by atoms with Crippen LogP contribution in [0.3, 0.4) is 0 Å². The van der Waals surface area contributed by atoms with Gasteiger partial charge in [-0.2, -0.15) is 5.26 Å². The van der Waals surface area contributed by atoms with E-state index in [1.807, 2.05) is 25.1 Å². The molecule has 0 aliphatic rings. The monoisotopic (exact) mass is 239 g/mol. The lowest BCUT2D eigenvalue weighted by Crippen LogP contribution is -1.92. The summed E-state index contributed by atoms with van der Waals surface area (Å²) >= 11 is 3.40. The molecule has 1 atom stereocenters. The van der Waals surface area contributed by atoms with Gasteiger partial charge < -0.3 is 4.74 Å². The molecule has 0 amide bonds. The summed E-state index contributed by atoms with van der Waals surface area (Å²) in [6.45, 7) is 1.87. The zero-order valence-electron chi connectivity index (χ0n) is 7.54. The van der Waals surface area contributed by atoms with Crippen molar-refractivity contribution >= 4 is 15.9 Å². The fourth-order valence-corrected chi connectivity index (χ4v) is 1.76. The van der Waals surface area contributed by atoms with E-state index in [0.29, 0.717) is 0 Å². The number of hydrogen-bond acceptors (Lipinski definition) is 2. The molecule has 0 saturated carbocycles. The number of methoxy groups -OCH3 is 1. The molecule has 0 aliphatic carbocycles. The molecule has 13 heavy (non-hydrogen) atoms. The lowest BCUT2D eigenvalue weighted by atomic mass is 10.0. The van der Waals surface area contributed by atoms with Crippen LogP contribution in [0.15, 0.2) is 22.7 Å². The van der Waals surface area contributed by atoms with Crippen molar-refractivity contribution in [3.05, 3.63) is 28.2 Å². The maximum atomic E-state index is 8.74. The largest absolute Gasteiger partial charge is 0.497 e. The van der Waals surface area contributed by atoms with Crippen molar-refractivity contribution in [2.24, 2.45) is 0 Å². The van der Waals surface area contributed by atoms with Crippen LogP contribution >= 0.6 is 15.9 Å². The van der Waals surface area contributed by atoms with Crippen molar-refractivity contribution in [3.8, 4) is 11.8 Å². The molecule has 1 aromatic carbocycles. The normalized spacial score (nSPS) is 11.8. The van der Waals surface area contributed by atoms with Gasteiger partial charge in [0.1, 0.15) is 5.75 Å². The third-order valence-electron chi connectivity index (χ3n) is 1.87. The molecule has 0 radical (unpaired) electrons. The Morgan fingerprint density at radius 3 is 2.69 bits per heavy atom. The van der Waals surface area contributed by atoms with E-state index in [4.69, 9.17) is 10.00 Å². The molecule has 0 heterocycles. The first-order valence-electron chi connectivity index (χ1n) is 3.92. The van der Waals surface area contributed by atoms with Crippen LogP contribution in [0.1, 0.15) is 18.4 Å². The second kappa shape index (κ2) is 4.29. The number of rotatable bonds is 2. The van der Waals surface area contributed by atoms with E-state index in [1.165, 1.54) is 0 Å². The Morgan fingerprint density at radius 2 is 2.23 bits per heavy atom. The van der Waals surface area contributed by atoms with E-state index in [0.717, 1.165) is 15.8 Å². The summed E-state index contributed by atoms with van der Waals surface area (Å²) in [5.41, 5.74) is 0.989. The SMILES string of the molecule is COc1ccc(C(C)C#N)c(Br)c1. The molecule has 0 aliphatic heterocycles. The molecule has 0 fully saturated rings. The summed E-state index contributed by atoms with van der Waals surface area (Å²) in [5, 5.41) is 8.74. The Labute approximate surface area is 86.3 Å². The number of hydrogen-bond donors (Lipinski definition) is 0. The van der Waals surface area contributed by atoms with Gasteiger partial charge in [0, 0.05) is 4.47 Å². The van der Waals surface area contributed by atoms with Crippen LogP contribution < -0.4 is 4.74 Å². The van der Waals surface area contributed by atoms with Crippen LogP contribution in [-0.2, 0) is 0 Å². The highest BCUT2D eigenvalue weighted by Crippen LogP contribution is 2.28. The average Bonchev–Trinajstić information content (AvgIpc) is 2.16. The van der Waals surface area contributed by atoms with E-state index in [2.05, 4.69) is 22.0 Å². The molecule has 0 aromatic heterocycles. The highest BCUT2D eigenvalue weighted by molar-refractivity contribution is 9.10. The fraction of sp³-hybridized carbons (Fsp3) is 0.300.